The molecular weight excluding hydrogens is 611 g/mol. The lowest BCUT2D eigenvalue weighted by Crippen LogP contribution is -2.47. The van der Waals surface area contributed by atoms with Crippen LogP contribution in [0.4, 0.5) is 5.82 Å². The van der Waals surface area contributed by atoms with E-state index in [1.807, 2.05) is 0 Å². The van der Waals surface area contributed by atoms with Crippen molar-refractivity contribution in [3.05, 3.63) is 33.2 Å². The molecule has 3 N–H and O–H groups in total. The molecule has 0 aromatic carbocycles. The molecule has 236 valence electrons. The van der Waals surface area contributed by atoms with Crippen LogP contribution in [0.15, 0.2) is 22.2 Å². The van der Waals surface area contributed by atoms with Crippen LogP contribution in [0, 0.1) is 10.8 Å². The molecule has 15 nitrogen and oxygen atoms in total. The molecule has 0 amide bonds. The predicted molar refractivity (Wildman–Crippen MR) is 160 cm³/mol. The number of ether oxygens (including phenoxy) is 1. The second-order valence-electron chi connectivity index (χ2n) is 11.5. The topological polar surface area (TPSA) is 218 Å². The summed E-state index contributed by atoms with van der Waals surface area (Å²) < 4.78 is 37.3. The minimum Gasteiger partial charge on any atom is -0.390 e. The summed E-state index contributed by atoms with van der Waals surface area (Å²) in [5, 5.41) is 14.3. The van der Waals surface area contributed by atoms with Crippen LogP contribution >= 0.6 is 31.3 Å². The molecule has 0 aliphatic carbocycles. The molecule has 2 rings (SSSR count). The lowest BCUT2D eigenvalue weighted by molar-refractivity contribution is -0.121. The van der Waals surface area contributed by atoms with Crippen LogP contribution in [0.2, 0.25) is 0 Å². The molecule has 0 unspecified atom stereocenters. The zero-order chi connectivity index (χ0) is 31.8. The van der Waals surface area contributed by atoms with Gasteiger partial charge < -0.3 is 15.6 Å². The van der Waals surface area contributed by atoms with Crippen LogP contribution in [0.3, 0.4) is 0 Å². The summed E-state index contributed by atoms with van der Waals surface area (Å²) in [7, 11) is -4.35. The lowest BCUT2D eigenvalue weighted by Gasteiger charge is -2.31. The highest BCUT2D eigenvalue weighted by molar-refractivity contribution is 8.14. The Labute approximate surface area is 252 Å². The molecule has 3 atom stereocenters. The number of nitrogen functional groups attached to an aromatic ring is 1. The number of phosphoric acid groups is 1. The maximum Gasteiger partial charge on any atom is 0.474 e. The van der Waals surface area contributed by atoms with Crippen molar-refractivity contribution in [2.45, 2.75) is 65.9 Å². The van der Waals surface area contributed by atoms with Crippen molar-refractivity contribution < 1.29 is 37.6 Å². The second kappa shape index (κ2) is 15.2. The molecule has 1 aliphatic rings. The third-order valence-corrected chi connectivity index (χ3v) is 9.72. The van der Waals surface area contributed by atoms with Crippen LogP contribution in [0.25, 0.3) is 10.4 Å². The number of azide groups is 1. The average molecular weight is 651 g/mol. The molecule has 1 aromatic rings. The second-order valence-corrected chi connectivity index (χ2v) is 15.3. The molecule has 18 heteroatoms. The molecular formula is C24H39N6O9PS2. The van der Waals surface area contributed by atoms with Crippen molar-refractivity contribution in [1.29, 1.82) is 0 Å². The van der Waals surface area contributed by atoms with Crippen LogP contribution in [0.5, 0.6) is 0 Å². The van der Waals surface area contributed by atoms with Gasteiger partial charge in [0, 0.05) is 39.9 Å². The minimum atomic E-state index is -4.35. The Kier molecular flexibility index (Phi) is 13.1. The number of carbonyl (C=O) groups excluding carboxylic acids is 2. The number of hydrogen-bond acceptors (Lipinski definition) is 14. The third-order valence-electron chi connectivity index (χ3n) is 5.79. The normalized spacial score (nSPS) is 21.2. The summed E-state index contributed by atoms with van der Waals surface area (Å²) in [4.78, 5) is 43.2. The number of aromatic nitrogens is 2. The van der Waals surface area contributed by atoms with Gasteiger partial charge >= 0.3 is 13.5 Å². The fraction of sp³-hybridized carbons (Fsp3) is 0.750. The highest BCUT2D eigenvalue weighted by Crippen LogP contribution is 2.51. The number of rotatable bonds is 14. The predicted octanol–water partition coefficient (Wildman–Crippen LogP) is 3.92. The Morgan fingerprint density at radius 2 is 1.74 bits per heavy atom. The molecule has 42 heavy (non-hydrogen) atoms. The van der Waals surface area contributed by atoms with Gasteiger partial charge in [-0.1, -0.05) is 70.2 Å². The summed E-state index contributed by atoms with van der Waals surface area (Å²) in [6.45, 7) is 9.22. The van der Waals surface area contributed by atoms with Gasteiger partial charge in [0.1, 0.15) is 17.6 Å². The van der Waals surface area contributed by atoms with Gasteiger partial charge in [-0.2, -0.15) is 4.98 Å². The molecule has 0 bridgehead atoms. The Bertz CT molecular complexity index is 1220. The largest absolute Gasteiger partial charge is 0.474 e. The van der Waals surface area contributed by atoms with Crippen LogP contribution in [-0.4, -0.2) is 74.5 Å². The Balaban J connectivity index is 2.19. The Hall–Kier alpha value is -1.94. The summed E-state index contributed by atoms with van der Waals surface area (Å²) in [5.41, 5.74) is 10.9. The maximum atomic E-state index is 13.6. The van der Waals surface area contributed by atoms with Crippen molar-refractivity contribution in [2.24, 2.45) is 15.9 Å². The molecule has 1 fully saturated rings. The molecule has 1 aliphatic heterocycles. The number of aliphatic hydroxyl groups excluding tert-OH is 1. The fourth-order valence-corrected chi connectivity index (χ4v) is 6.44. The molecule has 0 radical (unpaired) electrons. The highest BCUT2D eigenvalue weighted by atomic mass is 32.2. The van der Waals surface area contributed by atoms with Gasteiger partial charge in [-0.3, -0.25) is 27.7 Å². The van der Waals surface area contributed by atoms with Crippen LogP contribution in [0.1, 0.15) is 54.2 Å². The Morgan fingerprint density at radius 1 is 1.19 bits per heavy atom. The average Bonchev–Trinajstić information content (AvgIpc) is 3.21. The number of nitrogens with two attached hydrogens (primary N) is 1. The maximum absolute atomic E-state index is 13.6. The van der Waals surface area contributed by atoms with Crippen molar-refractivity contribution in [3.63, 3.8) is 0 Å². The summed E-state index contributed by atoms with van der Waals surface area (Å²) in [5.74, 6) is 0.308. The number of carbonyl (C=O) groups is 2. The first-order valence-corrected chi connectivity index (χ1v) is 16.5. The minimum absolute atomic E-state index is 0.00145. The van der Waals surface area contributed by atoms with E-state index < -0.39 is 55.4 Å². The smallest absolute Gasteiger partial charge is 0.390 e. The van der Waals surface area contributed by atoms with E-state index in [1.165, 1.54) is 12.3 Å². The van der Waals surface area contributed by atoms with E-state index in [1.54, 1.807) is 41.5 Å². The highest BCUT2D eigenvalue weighted by Gasteiger charge is 2.50. The first-order chi connectivity index (χ1) is 19.4. The molecule has 0 spiro atoms. The van der Waals surface area contributed by atoms with Gasteiger partial charge in [-0.05, 0) is 11.6 Å². The molecule has 1 aromatic heterocycles. The van der Waals surface area contributed by atoms with Crippen LogP contribution < -0.4 is 11.4 Å². The summed E-state index contributed by atoms with van der Waals surface area (Å²) >= 11 is 2.00. The monoisotopic (exact) mass is 650 g/mol. The van der Waals surface area contributed by atoms with E-state index in [0.717, 1.165) is 28.1 Å². The van der Waals surface area contributed by atoms with E-state index in [-0.39, 0.29) is 47.2 Å². The Morgan fingerprint density at radius 3 is 2.21 bits per heavy atom. The number of anilines is 1. The SMILES string of the molecule is CC(C)(C)C(=O)SCCOP(=O)(OCCSC(=O)C(C)(C)C)OC[C@@]1(CN=[N+]=[N-])O[C@@H](n2ccc(N)nc2=O)C[C@@H]1O. The van der Waals surface area contributed by atoms with E-state index >= 15 is 0 Å². The molecule has 0 saturated carbocycles. The third kappa shape index (κ3) is 10.6. The molecule has 2 heterocycles. The van der Waals surface area contributed by atoms with Crippen molar-refractivity contribution in [2.75, 3.05) is 43.6 Å². The number of aliphatic hydroxyl groups is 1. The number of thioether (sulfide) groups is 2. The van der Waals surface area contributed by atoms with Crippen molar-refractivity contribution in [3.8, 4) is 0 Å². The summed E-state index contributed by atoms with van der Waals surface area (Å²) in [6, 6.07) is 1.38. The zero-order valence-corrected chi connectivity index (χ0v) is 27.1. The fourth-order valence-electron chi connectivity index (χ4n) is 3.39. The summed E-state index contributed by atoms with van der Waals surface area (Å²) in [6.07, 6.45) is -1.12. The van der Waals surface area contributed by atoms with E-state index in [4.69, 9.17) is 29.6 Å². The quantitative estimate of drug-likeness (QED) is 0.0960. The first-order valence-electron chi connectivity index (χ1n) is 13.0. The first kappa shape index (κ1) is 36.3. The lowest BCUT2D eigenvalue weighted by atomic mass is 9.98. The standard InChI is InChI=1S/C24H39N6O9PS2/c1-22(2,3)19(32)41-11-9-36-40(35,37-10-12-42-20(33)23(4,5)6)38-15-24(14-27-29-26)16(31)13-18(39-24)30-8-7-17(25)28-21(30)34/h7-8,16,18,31H,9-15H2,1-6H3,(H2,25,28,34)/t16-,18+,24+/m0/s1. The van der Waals surface area contributed by atoms with E-state index in [0.29, 0.717) is 0 Å². The van der Waals surface area contributed by atoms with Gasteiger partial charge in [-0.25, -0.2) is 9.36 Å². The van der Waals surface area contributed by atoms with Gasteiger partial charge in [0.15, 0.2) is 10.2 Å². The van der Waals surface area contributed by atoms with Gasteiger partial charge in [0.05, 0.1) is 32.5 Å². The zero-order valence-electron chi connectivity index (χ0n) is 24.5. The number of phosphoric ester groups is 1. The van der Waals surface area contributed by atoms with Gasteiger partial charge in [0.2, 0.25) is 0 Å². The number of nitrogens with zero attached hydrogens (tertiary/aromatic N) is 5. The molecule has 1 saturated heterocycles. The van der Waals surface area contributed by atoms with Crippen molar-refractivity contribution in [1.82, 2.24) is 9.55 Å². The number of hydrogen-bond donors (Lipinski definition) is 2. The van der Waals surface area contributed by atoms with Crippen molar-refractivity contribution >= 4 is 47.4 Å². The van der Waals surface area contributed by atoms with Crippen LogP contribution in [-0.2, 0) is 32.5 Å². The van der Waals surface area contributed by atoms with E-state index in [9.17, 15) is 24.1 Å². The van der Waals surface area contributed by atoms with Gasteiger partial charge in [0.25, 0.3) is 0 Å². The van der Waals surface area contributed by atoms with Gasteiger partial charge in [-0.15, -0.1) is 0 Å². The van der Waals surface area contributed by atoms with E-state index in [2.05, 4.69) is 15.0 Å².